The Morgan fingerprint density at radius 3 is 1.89 bits per heavy atom. The van der Waals surface area contributed by atoms with Gasteiger partial charge in [-0.3, -0.25) is 0 Å². The van der Waals surface area contributed by atoms with Gasteiger partial charge in [-0.2, -0.15) is 0 Å². The lowest BCUT2D eigenvalue weighted by atomic mass is 9.92. The molecule has 0 heterocycles. The second-order valence-electron chi connectivity index (χ2n) is 8.52. The molecule has 0 aromatic carbocycles. The minimum Gasteiger partial charge on any atom is -0.100 e. The summed E-state index contributed by atoms with van der Waals surface area (Å²) < 4.78 is 0. The van der Waals surface area contributed by atoms with Gasteiger partial charge in [-0.1, -0.05) is 110 Å². The average molecular weight is 379 g/mol. The van der Waals surface area contributed by atoms with Crippen LogP contribution in [0.3, 0.4) is 0 Å². The van der Waals surface area contributed by atoms with Gasteiger partial charge in [0.2, 0.25) is 0 Å². The first-order valence-corrected chi connectivity index (χ1v) is 11.6. The molecule has 0 heteroatoms. The van der Waals surface area contributed by atoms with E-state index in [0.717, 1.165) is 11.8 Å². The quantitative estimate of drug-likeness (QED) is 0.318. The first-order chi connectivity index (χ1) is 12.7. The molecule has 0 radical (unpaired) electrons. The Labute approximate surface area is 174 Å². The number of hydrogen-bond donors (Lipinski definition) is 0. The molecule has 0 N–H and O–H groups in total. The number of hydrogen-bond acceptors (Lipinski definition) is 0. The zero-order chi connectivity index (χ0) is 21.7. The summed E-state index contributed by atoms with van der Waals surface area (Å²) in [5.74, 6) is 2.71. The molecule has 2 atom stereocenters. The van der Waals surface area contributed by atoms with E-state index < -0.39 is 0 Å². The summed E-state index contributed by atoms with van der Waals surface area (Å²) in [5.41, 5.74) is 2.79. The van der Waals surface area contributed by atoms with Gasteiger partial charge >= 0.3 is 0 Å². The van der Waals surface area contributed by atoms with E-state index in [1.54, 1.807) is 0 Å². The van der Waals surface area contributed by atoms with Gasteiger partial charge in [-0.05, 0) is 57.8 Å². The second-order valence-corrected chi connectivity index (χ2v) is 8.52. The number of rotatable bonds is 6. The van der Waals surface area contributed by atoms with Crippen LogP contribution in [0.25, 0.3) is 0 Å². The highest BCUT2D eigenvalue weighted by Crippen LogP contribution is 2.34. The highest BCUT2D eigenvalue weighted by Gasteiger charge is 2.22. The monoisotopic (exact) mass is 378 g/mol. The van der Waals surface area contributed by atoms with E-state index in [-0.39, 0.29) is 0 Å². The van der Waals surface area contributed by atoms with Crippen LogP contribution in [0.15, 0.2) is 36.0 Å². The molecule has 1 fully saturated rings. The molecular weight excluding hydrogens is 324 g/mol. The molecule has 1 aliphatic carbocycles. The molecular formula is C27H54. The third-order valence-electron chi connectivity index (χ3n) is 4.68. The topological polar surface area (TPSA) is 0 Å². The molecule has 0 amide bonds. The smallest absolute Gasteiger partial charge is 0.0260 e. The van der Waals surface area contributed by atoms with Gasteiger partial charge in [-0.25, -0.2) is 0 Å². The Kier molecular flexibility index (Phi) is 26.6. The van der Waals surface area contributed by atoms with Crippen LogP contribution in [0, 0.1) is 17.8 Å². The summed E-state index contributed by atoms with van der Waals surface area (Å²) in [6, 6.07) is 0. The molecule has 0 aromatic heterocycles. The predicted octanol–water partition coefficient (Wildman–Crippen LogP) is 10.2. The van der Waals surface area contributed by atoms with E-state index in [0.29, 0.717) is 5.92 Å². The van der Waals surface area contributed by atoms with Crippen molar-refractivity contribution in [2.24, 2.45) is 17.8 Å². The third-order valence-corrected chi connectivity index (χ3v) is 4.68. The van der Waals surface area contributed by atoms with Gasteiger partial charge in [0.05, 0.1) is 0 Å². The van der Waals surface area contributed by atoms with Gasteiger partial charge in [0.15, 0.2) is 0 Å². The normalized spacial score (nSPS) is 18.9. The zero-order valence-electron chi connectivity index (χ0n) is 20.8. The Bertz CT molecular complexity index is 354. The molecule has 0 saturated heterocycles. The van der Waals surface area contributed by atoms with Crippen molar-refractivity contribution in [2.45, 2.75) is 121 Å². The number of allylic oxidation sites excluding steroid dienone is 5. The molecule has 0 nitrogen and oxygen atoms in total. The molecule has 0 aliphatic heterocycles. The van der Waals surface area contributed by atoms with Crippen LogP contribution < -0.4 is 0 Å². The molecule has 0 aromatic rings. The Morgan fingerprint density at radius 2 is 1.56 bits per heavy atom. The summed E-state index contributed by atoms with van der Waals surface area (Å²) in [6.07, 6.45) is 17.3. The standard InChI is InChI=1S/C12H22.C9H16.2C3H8/c1-10(2)6-4-8-12-9-5-7-11(12)3;1-5-6-7-9(4)8(2)3;2*1-3-2/h11-12H,1,4-9H2,2-3H3;5-8H,1-4H3;2*3H2,1-2H3/b;6-5-,9-7-;;. The van der Waals surface area contributed by atoms with Gasteiger partial charge in [0.25, 0.3) is 0 Å². The summed E-state index contributed by atoms with van der Waals surface area (Å²) in [4.78, 5) is 0. The zero-order valence-corrected chi connectivity index (χ0v) is 20.8. The van der Waals surface area contributed by atoms with Crippen LogP contribution in [-0.4, -0.2) is 0 Å². The second kappa shape index (κ2) is 23.3. The minimum absolute atomic E-state index is 0.682. The Balaban J connectivity index is -0.000000339. The Morgan fingerprint density at radius 1 is 1.04 bits per heavy atom. The fourth-order valence-corrected chi connectivity index (χ4v) is 2.76. The van der Waals surface area contributed by atoms with E-state index in [1.165, 1.54) is 62.5 Å². The van der Waals surface area contributed by atoms with Crippen LogP contribution in [0.1, 0.15) is 121 Å². The SMILES string of the molecule is C/C=C\C=C(\C)C(C)C.C=C(C)CCCC1CCCC1C.CCC.CCC. The largest absolute Gasteiger partial charge is 0.100 e. The van der Waals surface area contributed by atoms with Crippen LogP contribution >= 0.6 is 0 Å². The Hall–Kier alpha value is -0.780. The highest BCUT2D eigenvalue weighted by atomic mass is 14.3. The summed E-state index contributed by atoms with van der Waals surface area (Å²) in [7, 11) is 0. The lowest BCUT2D eigenvalue weighted by Crippen LogP contribution is -2.03. The third kappa shape index (κ3) is 25.2. The fourth-order valence-electron chi connectivity index (χ4n) is 2.76. The molecule has 162 valence electrons. The molecule has 0 spiro atoms. The van der Waals surface area contributed by atoms with Crippen molar-refractivity contribution < 1.29 is 0 Å². The highest BCUT2D eigenvalue weighted by molar-refractivity contribution is 5.11. The van der Waals surface area contributed by atoms with E-state index >= 15 is 0 Å². The van der Waals surface area contributed by atoms with Gasteiger partial charge < -0.3 is 0 Å². The van der Waals surface area contributed by atoms with Gasteiger partial charge in [-0.15, -0.1) is 6.58 Å². The molecule has 1 saturated carbocycles. The maximum Gasteiger partial charge on any atom is -0.0260 e. The van der Waals surface area contributed by atoms with E-state index in [2.05, 4.69) is 81.0 Å². The lowest BCUT2D eigenvalue weighted by molar-refractivity contribution is 0.382. The maximum absolute atomic E-state index is 3.94. The van der Waals surface area contributed by atoms with Crippen LogP contribution in [0.4, 0.5) is 0 Å². The molecule has 2 unspecified atom stereocenters. The van der Waals surface area contributed by atoms with Crippen LogP contribution in [0.2, 0.25) is 0 Å². The average Bonchev–Trinajstić information content (AvgIpc) is 2.99. The first-order valence-electron chi connectivity index (χ1n) is 11.6. The van der Waals surface area contributed by atoms with Crippen LogP contribution in [0.5, 0.6) is 0 Å². The van der Waals surface area contributed by atoms with Crippen molar-refractivity contribution in [3.05, 3.63) is 36.0 Å². The lowest BCUT2D eigenvalue weighted by Gasteiger charge is -2.14. The summed E-state index contributed by atoms with van der Waals surface area (Å²) in [5, 5.41) is 0. The predicted molar refractivity (Wildman–Crippen MR) is 131 cm³/mol. The first kappa shape index (κ1) is 30.9. The molecule has 27 heavy (non-hydrogen) atoms. The summed E-state index contributed by atoms with van der Waals surface area (Å²) in [6.45, 7) is 25.6. The van der Waals surface area contributed by atoms with Gasteiger partial charge in [0.1, 0.15) is 0 Å². The van der Waals surface area contributed by atoms with Crippen molar-refractivity contribution >= 4 is 0 Å². The molecule has 0 bridgehead atoms. The summed E-state index contributed by atoms with van der Waals surface area (Å²) >= 11 is 0. The van der Waals surface area contributed by atoms with Crippen molar-refractivity contribution in [1.29, 1.82) is 0 Å². The van der Waals surface area contributed by atoms with E-state index in [4.69, 9.17) is 0 Å². The van der Waals surface area contributed by atoms with Gasteiger partial charge in [0, 0.05) is 0 Å². The fraction of sp³-hybridized carbons (Fsp3) is 0.778. The molecule has 1 aliphatic rings. The van der Waals surface area contributed by atoms with Crippen molar-refractivity contribution in [3.63, 3.8) is 0 Å². The van der Waals surface area contributed by atoms with Crippen molar-refractivity contribution in [2.75, 3.05) is 0 Å². The van der Waals surface area contributed by atoms with E-state index in [1.807, 2.05) is 13.0 Å². The molecule has 1 rings (SSSR count). The van der Waals surface area contributed by atoms with E-state index in [9.17, 15) is 0 Å². The minimum atomic E-state index is 0.682. The van der Waals surface area contributed by atoms with Crippen LogP contribution in [-0.2, 0) is 0 Å². The maximum atomic E-state index is 3.94. The van der Waals surface area contributed by atoms with Crippen molar-refractivity contribution in [3.8, 4) is 0 Å². The van der Waals surface area contributed by atoms with Crippen molar-refractivity contribution in [1.82, 2.24) is 0 Å².